The summed E-state index contributed by atoms with van der Waals surface area (Å²) in [6.07, 6.45) is 3.29. The number of para-hydroxylation sites is 2. The van der Waals surface area contributed by atoms with Crippen LogP contribution < -0.4 is 0 Å². The number of fused-ring (bicyclic) bond motifs is 1. The first-order valence-corrected chi connectivity index (χ1v) is 8.76. The average Bonchev–Trinajstić information content (AvgIpc) is 3.19. The van der Waals surface area contributed by atoms with Gasteiger partial charge in [0, 0.05) is 25.4 Å². The molecule has 1 aromatic carbocycles. The van der Waals surface area contributed by atoms with Crippen molar-refractivity contribution >= 4 is 16.9 Å². The zero-order valence-corrected chi connectivity index (χ0v) is 15.3. The fourth-order valence-corrected chi connectivity index (χ4v) is 3.26. The van der Waals surface area contributed by atoms with Crippen molar-refractivity contribution in [3.05, 3.63) is 47.8 Å². The Labute approximate surface area is 147 Å². The van der Waals surface area contributed by atoms with Gasteiger partial charge in [-0.25, -0.2) is 9.97 Å². The predicted molar refractivity (Wildman–Crippen MR) is 98.2 cm³/mol. The first-order valence-electron chi connectivity index (χ1n) is 8.76. The maximum absolute atomic E-state index is 13.1. The van der Waals surface area contributed by atoms with Crippen molar-refractivity contribution in [2.75, 3.05) is 7.05 Å². The first kappa shape index (κ1) is 17.2. The molecule has 3 aromatic rings. The number of H-pyrrole nitrogens is 1. The number of amides is 1. The van der Waals surface area contributed by atoms with Crippen molar-refractivity contribution in [2.45, 2.75) is 46.2 Å². The Hall–Kier alpha value is -2.63. The molecule has 0 saturated carbocycles. The van der Waals surface area contributed by atoms with E-state index < -0.39 is 0 Å². The number of hydrogen-bond acceptors (Lipinski definition) is 3. The van der Waals surface area contributed by atoms with Crippen LogP contribution in [-0.2, 0) is 17.8 Å². The van der Waals surface area contributed by atoms with Gasteiger partial charge in [-0.1, -0.05) is 26.0 Å². The molecule has 0 saturated heterocycles. The van der Waals surface area contributed by atoms with Crippen LogP contribution in [0, 0.1) is 6.92 Å². The number of carbonyl (C=O) groups is 1. The lowest BCUT2D eigenvalue weighted by Crippen LogP contribution is -2.34. The number of aryl methyl sites for hydroxylation is 2. The molecular weight excluding hydrogens is 314 g/mol. The molecule has 0 aliphatic rings. The van der Waals surface area contributed by atoms with Crippen LogP contribution >= 0.6 is 0 Å². The second-order valence-corrected chi connectivity index (χ2v) is 6.37. The smallest absolute Gasteiger partial charge is 0.245 e. The van der Waals surface area contributed by atoms with E-state index >= 15 is 0 Å². The van der Waals surface area contributed by atoms with Gasteiger partial charge < -0.3 is 14.5 Å². The monoisotopic (exact) mass is 339 g/mol. The summed E-state index contributed by atoms with van der Waals surface area (Å²) < 4.78 is 2.10. The second kappa shape index (κ2) is 7.09. The topological polar surface area (TPSA) is 66.8 Å². The summed E-state index contributed by atoms with van der Waals surface area (Å²) in [6, 6.07) is 7.74. The number of likely N-dealkylation sites (N-methyl/N-ethyl adjacent to an activating group) is 1. The van der Waals surface area contributed by atoms with E-state index in [0.717, 1.165) is 34.8 Å². The molecule has 0 aliphatic carbocycles. The highest BCUT2D eigenvalue weighted by Gasteiger charge is 2.26. The van der Waals surface area contributed by atoms with E-state index in [1.165, 1.54) is 0 Å². The van der Waals surface area contributed by atoms with Crippen LogP contribution in [0.4, 0.5) is 0 Å². The number of nitrogens with one attached hydrogen (secondary N) is 1. The van der Waals surface area contributed by atoms with Gasteiger partial charge in [0.05, 0.1) is 17.6 Å². The number of hydrogen-bond donors (Lipinski definition) is 1. The van der Waals surface area contributed by atoms with Gasteiger partial charge >= 0.3 is 0 Å². The van der Waals surface area contributed by atoms with Gasteiger partial charge in [0.25, 0.3) is 0 Å². The number of rotatable bonds is 6. The average molecular weight is 339 g/mol. The van der Waals surface area contributed by atoms with E-state index in [1.54, 1.807) is 11.1 Å². The fraction of sp³-hybridized carbons (Fsp3) is 0.421. The molecule has 0 aliphatic heterocycles. The van der Waals surface area contributed by atoms with E-state index in [2.05, 4.69) is 21.5 Å². The van der Waals surface area contributed by atoms with Crippen molar-refractivity contribution in [2.24, 2.45) is 0 Å². The van der Waals surface area contributed by atoms with Gasteiger partial charge in [0.2, 0.25) is 5.91 Å². The summed E-state index contributed by atoms with van der Waals surface area (Å²) in [4.78, 5) is 27.1. The Morgan fingerprint density at radius 2 is 2.08 bits per heavy atom. The molecule has 3 rings (SSSR count). The van der Waals surface area contributed by atoms with E-state index in [1.807, 2.05) is 45.2 Å². The van der Waals surface area contributed by atoms with Crippen molar-refractivity contribution < 1.29 is 4.79 Å². The zero-order chi connectivity index (χ0) is 18.0. The Kier molecular flexibility index (Phi) is 4.88. The largest absolute Gasteiger partial charge is 0.345 e. The minimum Gasteiger partial charge on any atom is -0.345 e. The Morgan fingerprint density at radius 1 is 1.32 bits per heavy atom. The molecule has 6 nitrogen and oxygen atoms in total. The van der Waals surface area contributed by atoms with Crippen molar-refractivity contribution in [1.82, 2.24) is 24.4 Å². The number of nitrogens with zero attached hydrogens (tertiary/aromatic N) is 4. The quantitative estimate of drug-likeness (QED) is 0.750. The zero-order valence-electron chi connectivity index (χ0n) is 15.3. The number of imidazole rings is 2. The predicted octanol–water partition coefficient (Wildman–Crippen LogP) is 3.24. The van der Waals surface area contributed by atoms with Crippen LogP contribution in [0.15, 0.2) is 30.5 Å². The van der Waals surface area contributed by atoms with E-state index in [4.69, 9.17) is 4.98 Å². The van der Waals surface area contributed by atoms with Crippen LogP contribution in [0.2, 0.25) is 0 Å². The van der Waals surface area contributed by atoms with Crippen molar-refractivity contribution in [3.63, 3.8) is 0 Å². The number of carbonyl (C=O) groups excluding carboxylic acids is 1. The SMILES string of the molecule is CCc1nc2ccccc2n1C(CC)C(=O)N(C)Cc1ncc(C)[nH]1. The standard InChI is InChI=1S/C19H25N5O/c1-5-15(19(25)23(4)12-17-20-11-13(3)21-17)24-16-10-8-7-9-14(16)22-18(24)6-2/h7-11,15H,5-6,12H2,1-4H3,(H,20,21). The van der Waals surface area contributed by atoms with Gasteiger partial charge in [-0.05, 0) is 25.5 Å². The molecule has 25 heavy (non-hydrogen) atoms. The maximum atomic E-state index is 13.1. The van der Waals surface area contributed by atoms with Gasteiger partial charge in [-0.2, -0.15) is 0 Å². The summed E-state index contributed by atoms with van der Waals surface area (Å²) in [5.41, 5.74) is 2.95. The highest BCUT2D eigenvalue weighted by molar-refractivity contribution is 5.84. The van der Waals surface area contributed by atoms with Gasteiger partial charge in [0.1, 0.15) is 17.7 Å². The summed E-state index contributed by atoms with van der Waals surface area (Å²) >= 11 is 0. The highest BCUT2D eigenvalue weighted by Crippen LogP contribution is 2.25. The molecular formula is C19H25N5O. The summed E-state index contributed by atoms with van der Waals surface area (Å²) in [7, 11) is 1.83. The third-order valence-electron chi connectivity index (χ3n) is 4.49. The molecule has 2 heterocycles. The molecule has 0 bridgehead atoms. The van der Waals surface area contributed by atoms with Crippen molar-refractivity contribution in [1.29, 1.82) is 0 Å². The van der Waals surface area contributed by atoms with Gasteiger partial charge in [-0.15, -0.1) is 0 Å². The molecule has 0 radical (unpaired) electrons. The lowest BCUT2D eigenvalue weighted by atomic mass is 10.1. The summed E-state index contributed by atoms with van der Waals surface area (Å²) in [6.45, 7) is 6.54. The molecule has 132 valence electrons. The third-order valence-corrected chi connectivity index (χ3v) is 4.49. The molecule has 6 heteroatoms. The van der Waals surface area contributed by atoms with Crippen LogP contribution in [0.3, 0.4) is 0 Å². The molecule has 1 N–H and O–H groups in total. The minimum absolute atomic E-state index is 0.0782. The second-order valence-electron chi connectivity index (χ2n) is 6.37. The Balaban J connectivity index is 1.92. The Bertz CT molecular complexity index is 879. The number of aromatic amines is 1. The van der Waals surface area contributed by atoms with Crippen LogP contribution in [0.25, 0.3) is 11.0 Å². The normalized spacial score (nSPS) is 12.5. The summed E-state index contributed by atoms with van der Waals surface area (Å²) in [5.74, 6) is 1.83. The van der Waals surface area contributed by atoms with E-state index in [9.17, 15) is 4.79 Å². The molecule has 1 unspecified atom stereocenters. The van der Waals surface area contributed by atoms with Crippen molar-refractivity contribution in [3.8, 4) is 0 Å². The maximum Gasteiger partial charge on any atom is 0.245 e. The van der Waals surface area contributed by atoms with Crippen LogP contribution in [0.5, 0.6) is 0 Å². The van der Waals surface area contributed by atoms with Crippen LogP contribution in [0.1, 0.15) is 43.7 Å². The molecule has 1 atom stereocenters. The van der Waals surface area contributed by atoms with Gasteiger partial charge in [0.15, 0.2) is 0 Å². The minimum atomic E-state index is -0.261. The number of aromatic nitrogens is 4. The van der Waals surface area contributed by atoms with Gasteiger partial charge in [-0.3, -0.25) is 4.79 Å². The van der Waals surface area contributed by atoms with Crippen LogP contribution in [-0.4, -0.2) is 37.4 Å². The first-order chi connectivity index (χ1) is 12.0. The lowest BCUT2D eigenvalue weighted by molar-refractivity contribution is -0.134. The molecule has 0 spiro atoms. The number of benzene rings is 1. The van der Waals surface area contributed by atoms with E-state index in [-0.39, 0.29) is 11.9 Å². The van der Waals surface area contributed by atoms with E-state index in [0.29, 0.717) is 13.0 Å². The fourth-order valence-electron chi connectivity index (χ4n) is 3.26. The lowest BCUT2D eigenvalue weighted by Gasteiger charge is -2.25. The molecule has 0 fully saturated rings. The molecule has 1 amide bonds. The molecule has 2 aromatic heterocycles. The Morgan fingerprint density at radius 3 is 2.72 bits per heavy atom. The summed E-state index contributed by atoms with van der Waals surface area (Å²) in [5, 5.41) is 0. The third kappa shape index (κ3) is 3.29. The highest BCUT2D eigenvalue weighted by atomic mass is 16.2.